The summed E-state index contributed by atoms with van der Waals surface area (Å²) in [6, 6.07) is 0. The summed E-state index contributed by atoms with van der Waals surface area (Å²) >= 11 is 4.23. The molecule has 2 heteroatoms. The molecule has 18 heavy (non-hydrogen) atoms. The first kappa shape index (κ1) is 16.4. The standard InChI is InChI=1S/C16H32OS/c1-15-9-11-16(12-10-15)17-13-7-5-3-2-4-6-8-14-18/h15-16,18H,2-14H2,1H3. The summed E-state index contributed by atoms with van der Waals surface area (Å²) in [6.45, 7) is 3.36. The lowest BCUT2D eigenvalue weighted by molar-refractivity contribution is 0.0178. The molecule has 0 aromatic rings. The largest absolute Gasteiger partial charge is 0.378 e. The highest BCUT2D eigenvalue weighted by molar-refractivity contribution is 7.80. The minimum Gasteiger partial charge on any atom is -0.378 e. The van der Waals surface area contributed by atoms with Crippen LogP contribution >= 0.6 is 12.6 Å². The Morgan fingerprint density at radius 3 is 2.00 bits per heavy atom. The molecule has 1 aliphatic carbocycles. The quantitative estimate of drug-likeness (QED) is 0.422. The van der Waals surface area contributed by atoms with Gasteiger partial charge in [-0.3, -0.25) is 0 Å². The Balaban J connectivity index is 1.78. The molecular formula is C16H32OS. The molecule has 0 heterocycles. The molecule has 108 valence electrons. The summed E-state index contributed by atoms with van der Waals surface area (Å²) in [4.78, 5) is 0. The van der Waals surface area contributed by atoms with Gasteiger partial charge in [-0.2, -0.15) is 12.6 Å². The van der Waals surface area contributed by atoms with Crippen LogP contribution in [-0.2, 0) is 4.74 Å². The molecule has 0 amide bonds. The summed E-state index contributed by atoms with van der Waals surface area (Å²) < 4.78 is 5.97. The molecule has 0 radical (unpaired) electrons. The van der Waals surface area contributed by atoms with Crippen LogP contribution < -0.4 is 0 Å². The summed E-state index contributed by atoms with van der Waals surface area (Å²) in [5.74, 6) is 1.98. The highest BCUT2D eigenvalue weighted by Gasteiger charge is 2.17. The first-order valence-corrected chi connectivity index (χ1v) is 8.68. The first-order chi connectivity index (χ1) is 8.83. The lowest BCUT2D eigenvalue weighted by atomic mass is 9.89. The van der Waals surface area contributed by atoms with Gasteiger partial charge < -0.3 is 4.74 Å². The molecular weight excluding hydrogens is 240 g/mol. The van der Waals surface area contributed by atoms with Crippen molar-refractivity contribution in [2.75, 3.05) is 12.4 Å². The molecule has 1 aliphatic rings. The Labute approximate surface area is 119 Å². The van der Waals surface area contributed by atoms with Crippen molar-refractivity contribution in [3.05, 3.63) is 0 Å². The molecule has 0 saturated heterocycles. The third kappa shape index (κ3) is 8.42. The van der Waals surface area contributed by atoms with E-state index in [9.17, 15) is 0 Å². The van der Waals surface area contributed by atoms with Crippen molar-refractivity contribution in [3.8, 4) is 0 Å². The smallest absolute Gasteiger partial charge is 0.0575 e. The van der Waals surface area contributed by atoms with E-state index < -0.39 is 0 Å². The predicted molar refractivity (Wildman–Crippen MR) is 83.5 cm³/mol. The van der Waals surface area contributed by atoms with Gasteiger partial charge in [-0.15, -0.1) is 0 Å². The maximum atomic E-state index is 5.97. The molecule has 1 nitrogen and oxygen atoms in total. The third-order valence-electron chi connectivity index (χ3n) is 4.12. The number of hydrogen-bond acceptors (Lipinski definition) is 2. The highest BCUT2D eigenvalue weighted by Crippen LogP contribution is 2.25. The number of thiol groups is 1. The number of ether oxygens (including phenoxy) is 1. The SMILES string of the molecule is CC1CCC(OCCCCCCCCCS)CC1. The fraction of sp³-hybridized carbons (Fsp3) is 1.00. The van der Waals surface area contributed by atoms with Crippen LogP contribution in [0.2, 0.25) is 0 Å². The van der Waals surface area contributed by atoms with Gasteiger partial charge in [0, 0.05) is 6.61 Å². The molecule has 0 atom stereocenters. The molecule has 0 bridgehead atoms. The normalized spacial score (nSPS) is 24.3. The van der Waals surface area contributed by atoms with E-state index in [2.05, 4.69) is 19.6 Å². The van der Waals surface area contributed by atoms with Gasteiger partial charge in [0.2, 0.25) is 0 Å². The molecule has 1 saturated carbocycles. The van der Waals surface area contributed by atoms with Gasteiger partial charge in [0.1, 0.15) is 0 Å². The Morgan fingerprint density at radius 2 is 1.39 bits per heavy atom. The molecule has 0 aromatic carbocycles. The molecule has 0 spiro atoms. The van der Waals surface area contributed by atoms with Gasteiger partial charge in [-0.1, -0.05) is 39.0 Å². The maximum Gasteiger partial charge on any atom is 0.0575 e. The second kappa shape index (κ2) is 11.2. The minimum atomic E-state index is 0.580. The van der Waals surface area contributed by atoms with Crippen LogP contribution in [0.5, 0.6) is 0 Å². The lowest BCUT2D eigenvalue weighted by Gasteiger charge is -2.26. The van der Waals surface area contributed by atoms with Crippen LogP contribution in [0.1, 0.15) is 77.6 Å². The van der Waals surface area contributed by atoms with Crippen molar-refractivity contribution in [2.45, 2.75) is 83.7 Å². The highest BCUT2D eigenvalue weighted by atomic mass is 32.1. The summed E-state index contributed by atoms with van der Waals surface area (Å²) in [5.41, 5.74) is 0. The molecule has 1 fully saturated rings. The lowest BCUT2D eigenvalue weighted by Crippen LogP contribution is -2.20. The van der Waals surface area contributed by atoms with E-state index in [0.717, 1.165) is 18.3 Å². The molecule has 1 rings (SSSR count). The third-order valence-corrected chi connectivity index (χ3v) is 4.44. The van der Waals surface area contributed by atoms with E-state index in [-0.39, 0.29) is 0 Å². The minimum absolute atomic E-state index is 0.580. The zero-order valence-electron chi connectivity index (χ0n) is 12.2. The Morgan fingerprint density at radius 1 is 0.833 bits per heavy atom. The van der Waals surface area contributed by atoms with E-state index in [1.165, 1.54) is 70.6 Å². The fourth-order valence-corrected chi connectivity index (χ4v) is 2.97. The first-order valence-electron chi connectivity index (χ1n) is 8.05. The number of unbranched alkanes of at least 4 members (excludes halogenated alkanes) is 6. The van der Waals surface area contributed by atoms with Gasteiger partial charge in [-0.25, -0.2) is 0 Å². The van der Waals surface area contributed by atoms with Crippen LogP contribution in [0.25, 0.3) is 0 Å². The van der Waals surface area contributed by atoms with E-state index in [4.69, 9.17) is 4.74 Å². The van der Waals surface area contributed by atoms with Crippen molar-refractivity contribution in [1.29, 1.82) is 0 Å². The Bertz CT molecular complexity index is 176. The van der Waals surface area contributed by atoms with Crippen molar-refractivity contribution in [2.24, 2.45) is 5.92 Å². The average Bonchev–Trinajstić information content (AvgIpc) is 2.39. The van der Waals surface area contributed by atoms with Gasteiger partial charge in [0.05, 0.1) is 6.10 Å². The molecule has 0 aliphatic heterocycles. The van der Waals surface area contributed by atoms with Crippen LogP contribution in [0.15, 0.2) is 0 Å². The summed E-state index contributed by atoms with van der Waals surface area (Å²) in [7, 11) is 0. The van der Waals surface area contributed by atoms with E-state index in [1.807, 2.05) is 0 Å². The topological polar surface area (TPSA) is 9.23 Å². The zero-order chi connectivity index (χ0) is 13.1. The van der Waals surface area contributed by atoms with Gasteiger partial charge in [0.25, 0.3) is 0 Å². The van der Waals surface area contributed by atoms with E-state index >= 15 is 0 Å². The van der Waals surface area contributed by atoms with Crippen molar-refractivity contribution < 1.29 is 4.74 Å². The second-order valence-corrected chi connectivity index (χ2v) is 6.40. The average molecular weight is 272 g/mol. The Kier molecular flexibility index (Phi) is 10.1. The Hall–Kier alpha value is 0.310. The van der Waals surface area contributed by atoms with Gasteiger partial charge in [0.15, 0.2) is 0 Å². The monoisotopic (exact) mass is 272 g/mol. The number of rotatable bonds is 10. The van der Waals surface area contributed by atoms with Crippen LogP contribution in [-0.4, -0.2) is 18.5 Å². The fourth-order valence-electron chi connectivity index (χ4n) is 2.74. The van der Waals surface area contributed by atoms with Gasteiger partial charge >= 0.3 is 0 Å². The summed E-state index contributed by atoms with van der Waals surface area (Å²) in [5, 5.41) is 0. The maximum absolute atomic E-state index is 5.97. The van der Waals surface area contributed by atoms with Crippen LogP contribution in [0.4, 0.5) is 0 Å². The van der Waals surface area contributed by atoms with Crippen molar-refractivity contribution >= 4 is 12.6 Å². The molecule has 0 N–H and O–H groups in total. The van der Waals surface area contributed by atoms with E-state index in [0.29, 0.717) is 6.10 Å². The van der Waals surface area contributed by atoms with Crippen LogP contribution in [0, 0.1) is 5.92 Å². The second-order valence-electron chi connectivity index (χ2n) is 5.95. The molecule has 0 unspecified atom stereocenters. The van der Waals surface area contributed by atoms with Crippen molar-refractivity contribution in [3.63, 3.8) is 0 Å². The molecule has 0 aromatic heterocycles. The van der Waals surface area contributed by atoms with Gasteiger partial charge in [-0.05, 0) is 50.2 Å². The predicted octanol–water partition coefficient (Wildman–Crippen LogP) is 5.24. The van der Waals surface area contributed by atoms with Crippen molar-refractivity contribution in [1.82, 2.24) is 0 Å². The van der Waals surface area contributed by atoms with Crippen LogP contribution in [0.3, 0.4) is 0 Å². The summed E-state index contributed by atoms with van der Waals surface area (Å²) in [6.07, 6.45) is 15.3. The van der Waals surface area contributed by atoms with E-state index in [1.54, 1.807) is 0 Å². The number of hydrogen-bond donors (Lipinski definition) is 1. The zero-order valence-corrected chi connectivity index (χ0v) is 13.1.